The summed E-state index contributed by atoms with van der Waals surface area (Å²) in [5.41, 5.74) is 11.8. The predicted octanol–water partition coefficient (Wildman–Crippen LogP) is 12.3. The molecular weight excluding hydrogens is 581 g/mol. The fourth-order valence-electron chi connectivity index (χ4n) is 7.37. The van der Waals surface area contributed by atoms with Crippen molar-refractivity contribution in [2.75, 3.05) is 0 Å². The molecule has 9 rings (SSSR count). The lowest BCUT2D eigenvalue weighted by atomic mass is 9.85. The van der Waals surface area contributed by atoms with Gasteiger partial charge in [-0.1, -0.05) is 146 Å². The minimum atomic E-state index is 0.553. The van der Waals surface area contributed by atoms with Gasteiger partial charge in [0.15, 0.2) is 0 Å². The number of fused-ring (bicyclic) bond motifs is 3. The summed E-state index contributed by atoms with van der Waals surface area (Å²) in [6.07, 6.45) is 7.87. The van der Waals surface area contributed by atoms with Crippen molar-refractivity contribution in [1.29, 1.82) is 0 Å². The molecule has 7 aromatic carbocycles. The van der Waals surface area contributed by atoms with Crippen molar-refractivity contribution in [3.8, 4) is 39.1 Å². The van der Waals surface area contributed by atoms with Crippen LogP contribution in [0.3, 0.4) is 0 Å². The van der Waals surface area contributed by atoms with Gasteiger partial charge in [0.1, 0.15) is 5.82 Å². The van der Waals surface area contributed by atoms with E-state index in [2.05, 4.69) is 181 Å². The third-order valence-corrected chi connectivity index (χ3v) is 9.74. The maximum atomic E-state index is 5.09. The molecule has 8 aromatic rings. The molecule has 0 spiro atoms. The van der Waals surface area contributed by atoms with E-state index >= 15 is 0 Å². The highest BCUT2D eigenvalue weighted by molar-refractivity contribution is 6.21. The van der Waals surface area contributed by atoms with Gasteiger partial charge in [-0.25, -0.2) is 4.98 Å². The first-order chi connectivity index (χ1) is 23.7. The smallest absolute Gasteiger partial charge is 0.145 e. The lowest BCUT2D eigenvalue weighted by Gasteiger charge is -2.19. The average molecular weight is 615 g/mol. The molecule has 0 radical (unpaired) electrons. The summed E-state index contributed by atoms with van der Waals surface area (Å²) in [6.45, 7) is 2.26. The first-order valence-electron chi connectivity index (χ1n) is 16.8. The highest BCUT2D eigenvalue weighted by Crippen LogP contribution is 2.44. The first kappa shape index (κ1) is 28.3. The van der Waals surface area contributed by atoms with E-state index in [-0.39, 0.29) is 0 Å². The molecule has 2 heteroatoms. The Morgan fingerprint density at radius 3 is 1.79 bits per heavy atom. The molecular formula is C46H34N2. The highest BCUT2D eigenvalue weighted by atomic mass is 15.1. The summed E-state index contributed by atoms with van der Waals surface area (Å²) in [4.78, 5) is 5.09. The van der Waals surface area contributed by atoms with Crippen LogP contribution in [-0.4, -0.2) is 9.55 Å². The Balaban J connectivity index is 1.22. The van der Waals surface area contributed by atoms with Gasteiger partial charge >= 0.3 is 0 Å². The molecule has 1 aliphatic carbocycles. The zero-order chi connectivity index (χ0) is 32.0. The minimum absolute atomic E-state index is 0.553. The van der Waals surface area contributed by atoms with Gasteiger partial charge in [-0.2, -0.15) is 0 Å². The maximum absolute atomic E-state index is 5.09. The van der Waals surface area contributed by atoms with Crippen molar-refractivity contribution in [3.63, 3.8) is 0 Å². The van der Waals surface area contributed by atoms with Crippen LogP contribution >= 0.6 is 0 Å². The second-order valence-corrected chi connectivity index (χ2v) is 12.8. The monoisotopic (exact) mass is 614 g/mol. The lowest BCUT2D eigenvalue weighted by Crippen LogP contribution is -2.03. The number of nitrogens with zero attached hydrogens (tertiary/aromatic N) is 2. The Hall–Kier alpha value is -5.99. The number of aromatic nitrogens is 2. The molecule has 0 saturated heterocycles. The van der Waals surface area contributed by atoms with Gasteiger partial charge in [-0.05, 0) is 97.6 Å². The first-order valence-corrected chi connectivity index (χ1v) is 16.8. The Bertz CT molecular complexity index is 2520. The number of hydrogen-bond donors (Lipinski definition) is 0. The van der Waals surface area contributed by atoms with Crippen LogP contribution in [0.4, 0.5) is 0 Å². The second-order valence-electron chi connectivity index (χ2n) is 12.8. The van der Waals surface area contributed by atoms with Crippen LogP contribution < -0.4 is 0 Å². The Labute approximate surface area is 281 Å². The largest absolute Gasteiger partial charge is 0.292 e. The molecule has 0 aliphatic heterocycles. The van der Waals surface area contributed by atoms with Crippen molar-refractivity contribution < 1.29 is 0 Å². The predicted molar refractivity (Wildman–Crippen MR) is 203 cm³/mol. The summed E-state index contributed by atoms with van der Waals surface area (Å²) < 4.78 is 2.30. The van der Waals surface area contributed by atoms with Gasteiger partial charge in [0, 0.05) is 11.3 Å². The van der Waals surface area contributed by atoms with E-state index in [1.54, 1.807) is 0 Å². The Morgan fingerprint density at radius 1 is 0.542 bits per heavy atom. The molecule has 1 atom stereocenters. The number of benzene rings is 7. The fraction of sp³-hybridized carbons (Fsp3) is 0.0652. The number of hydrogen-bond acceptors (Lipinski definition) is 1. The standard InChI is InChI=1S/C46H34N2/c1-31-20-22-35(23-21-31)46-47-42-18-10-11-19-43(42)48(46)37-27-24-32(25-28-37)36-26-29-40-41(30-36)45(34-14-6-3-7-15-34)39-17-9-8-16-38(39)44(40)33-12-4-2-5-13-33/h2-20,22-31H,21H2,1H3. The number of rotatable bonds is 5. The normalized spacial score (nSPS) is 14.5. The lowest BCUT2D eigenvalue weighted by molar-refractivity contribution is 0.738. The van der Waals surface area contributed by atoms with Crippen molar-refractivity contribution in [2.24, 2.45) is 5.92 Å². The topological polar surface area (TPSA) is 17.8 Å². The maximum Gasteiger partial charge on any atom is 0.145 e. The van der Waals surface area contributed by atoms with Gasteiger partial charge in [0.25, 0.3) is 0 Å². The number of para-hydroxylation sites is 2. The van der Waals surface area contributed by atoms with E-state index in [0.29, 0.717) is 5.92 Å². The summed E-state index contributed by atoms with van der Waals surface area (Å²) in [5.74, 6) is 1.54. The molecule has 228 valence electrons. The summed E-state index contributed by atoms with van der Waals surface area (Å²) in [6, 6.07) is 54.9. The molecule has 0 saturated carbocycles. The van der Waals surface area contributed by atoms with E-state index in [1.165, 1.54) is 60.5 Å². The van der Waals surface area contributed by atoms with Gasteiger partial charge in [0.05, 0.1) is 11.0 Å². The highest BCUT2D eigenvalue weighted by Gasteiger charge is 2.19. The van der Waals surface area contributed by atoms with E-state index in [1.807, 2.05) is 0 Å². The molecule has 0 bridgehead atoms. The Morgan fingerprint density at radius 2 is 1.12 bits per heavy atom. The van der Waals surface area contributed by atoms with Crippen LogP contribution in [0.25, 0.3) is 77.2 Å². The minimum Gasteiger partial charge on any atom is -0.292 e. The molecule has 1 heterocycles. The van der Waals surface area contributed by atoms with Crippen molar-refractivity contribution >= 4 is 38.2 Å². The van der Waals surface area contributed by atoms with Gasteiger partial charge in [-0.15, -0.1) is 0 Å². The van der Waals surface area contributed by atoms with Gasteiger partial charge in [0.2, 0.25) is 0 Å². The quantitative estimate of drug-likeness (QED) is 0.176. The van der Waals surface area contributed by atoms with E-state index < -0.39 is 0 Å². The average Bonchev–Trinajstić information content (AvgIpc) is 3.54. The molecule has 0 N–H and O–H groups in total. The molecule has 1 unspecified atom stereocenters. The third kappa shape index (κ3) is 4.77. The van der Waals surface area contributed by atoms with Crippen LogP contribution in [0.1, 0.15) is 19.2 Å². The third-order valence-electron chi connectivity index (χ3n) is 9.74. The van der Waals surface area contributed by atoms with E-state index in [0.717, 1.165) is 29.0 Å². The van der Waals surface area contributed by atoms with Gasteiger partial charge < -0.3 is 0 Å². The fourth-order valence-corrected chi connectivity index (χ4v) is 7.37. The van der Waals surface area contributed by atoms with Crippen molar-refractivity contribution in [2.45, 2.75) is 13.3 Å². The van der Waals surface area contributed by atoms with Crippen molar-refractivity contribution in [3.05, 3.63) is 176 Å². The zero-order valence-electron chi connectivity index (χ0n) is 26.8. The second kappa shape index (κ2) is 11.7. The molecule has 1 aliphatic rings. The summed E-state index contributed by atoms with van der Waals surface area (Å²) >= 11 is 0. The van der Waals surface area contributed by atoms with Crippen molar-refractivity contribution in [1.82, 2.24) is 9.55 Å². The number of allylic oxidation sites excluding steroid dienone is 4. The SMILES string of the molecule is CC1C=CC(c2nc3ccccc3n2-c2ccc(-c3ccc4c(-c5ccccc5)c5ccccc5c(-c5ccccc5)c4c3)cc2)=CC1. The van der Waals surface area contributed by atoms with E-state index in [4.69, 9.17) is 4.98 Å². The van der Waals surface area contributed by atoms with Crippen LogP contribution in [0.15, 0.2) is 170 Å². The molecule has 0 amide bonds. The summed E-state index contributed by atoms with van der Waals surface area (Å²) in [5, 5.41) is 5.06. The number of imidazole rings is 1. The molecule has 2 nitrogen and oxygen atoms in total. The molecule has 48 heavy (non-hydrogen) atoms. The summed E-state index contributed by atoms with van der Waals surface area (Å²) in [7, 11) is 0. The van der Waals surface area contributed by atoms with E-state index in [9.17, 15) is 0 Å². The van der Waals surface area contributed by atoms with Crippen LogP contribution in [0, 0.1) is 5.92 Å². The molecule has 0 fully saturated rings. The Kier molecular flexibility index (Phi) is 6.87. The zero-order valence-corrected chi connectivity index (χ0v) is 26.8. The van der Waals surface area contributed by atoms with Crippen LogP contribution in [-0.2, 0) is 0 Å². The molecule has 1 aromatic heterocycles. The van der Waals surface area contributed by atoms with Gasteiger partial charge in [-0.3, -0.25) is 4.57 Å². The van der Waals surface area contributed by atoms with Crippen LogP contribution in [0.2, 0.25) is 0 Å². The van der Waals surface area contributed by atoms with Crippen LogP contribution in [0.5, 0.6) is 0 Å².